The van der Waals surface area contributed by atoms with Gasteiger partial charge in [0.25, 0.3) is 0 Å². The van der Waals surface area contributed by atoms with Crippen molar-refractivity contribution < 1.29 is 48.8 Å². The fourth-order valence-corrected chi connectivity index (χ4v) is 4.48. The summed E-state index contributed by atoms with van der Waals surface area (Å²) in [6.45, 7) is 6.31. The molecule has 2 amide bonds. The van der Waals surface area contributed by atoms with Crippen LogP contribution in [-0.4, -0.2) is 183 Å². The first kappa shape index (κ1) is 39.1. The van der Waals surface area contributed by atoms with Gasteiger partial charge in [-0.05, 0) is 6.42 Å². The maximum atomic E-state index is 12.7. The zero-order valence-corrected chi connectivity index (χ0v) is 26.0. The molecule has 0 aromatic carbocycles. The molecule has 0 atom stereocenters. The molecule has 5 N–H and O–H groups in total. The SMILES string of the molecule is CCCCCNC(=O)CCOCCOCCNC(=O)CN1CCN(CC(=O)O)CCN(CC(=O)O)CCN(CC(=O)O)CC1. The lowest BCUT2D eigenvalue weighted by Gasteiger charge is -2.32. The second-order valence-electron chi connectivity index (χ2n) is 10.7. The average molecular weight is 633 g/mol. The summed E-state index contributed by atoms with van der Waals surface area (Å²) in [5.74, 6) is -3.31. The summed E-state index contributed by atoms with van der Waals surface area (Å²) in [5, 5.41) is 33.6. The number of carbonyl (C=O) groups is 5. The lowest BCUT2D eigenvalue weighted by atomic mass is 10.2. The minimum Gasteiger partial charge on any atom is -0.480 e. The second kappa shape index (κ2) is 24.4. The van der Waals surface area contributed by atoms with Gasteiger partial charge in [-0.3, -0.25) is 43.6 Å². The van der Waals surface area contributed by atoms with Crippen LogP contribution in [0.2, 0.25) is 0 Å². The van der Waals surface area contributed by atoms with Crippen LogP contribution in [0.1, 0.15) is 32.6 Å². The number of hydrogen-bond donors (Lipinski definition) is 5. The molecule has 0 saturated carbocycles. The van der Waals surface area contributed by atoms with Crippen molar-refractivity contribution in [1.82, 2.24) is 30.2 Å². The molecule has 1 rings (SSSR count). The van der Waals surface area contributed by atoms with Gasteiger partial charge in [0.1, 0.15) is 0 Å². The van der Waals surface area contributed by atoms with Crippen LogP contribution in [-0.2, 0) is 33.4 Å². The van der Waals surface area contributed by atoms with Crippen LogP contribution < -0.4 is 10.6 Å². The molecule has 0 aliphatic carbocycles. The third-order valence-electron chi connectivity index (χ3n) is 6.89. The van der Waals surface area contributed by atoms with E-state index in [0.29, 0.717) is 85.1 Å². The summed E-state index contributed by atoms with van der Waals surface area (Å²) in [7, 11) is 0. The van der Waals surface area contributed by atoms with E-state index in [2.05, 4.69) is 17.6 Å². The molecule has 1 aliphatic rings. The molecule has 1 fully saturated rings. The molecule has 0 unspecified atom stereocenters. The zero-order valence-electron chi connectivity index (χ0n) is 26.0. The summed E-state index contributed by atoms with van der Waals surface area (Å²) in [6.07, 6.45) is 3.46. The van der Waals surface area contributed by atoms with Crippen molar-refractivity contribution >= 4 is 29.7 Å². The molecule has 0 spiro atoms. The van der Waals surface area contributed by atoms with Crippen molar-refractivity contribution in [3.05, 3.63) is 0 Å². The number of unbranched alkanes of at least 4 members (excludes halogenated alkanes) is 2. The number of aliphatic carboxylic acids is 3. The lowest BCUT2D eigenvalue weighted by Crippen LogP contribution is -2.50. The highest BCUT2D eigenvalue weighted by molar-refractivity contribution is 5.78. The first-order valence-electron chi connectivity index (χ1n) is 15.3. The summed E-state index contributed by atoms with van der Waals surface area (Å²) in [6, 6.07) is 0. The number of amides is 2. The van der Waals surface area contributed by atoms with Crippen LogP contribution in [0.15, 0.2) is 0 Å². The Morgan fingerprint density at radius 1 is 0.545 bits per heavy atom. The Morgan fingerprint density at radius 3 is 1.39 bits per heavy atom. The van der Waals surface area contributed by atoms with Crippen molar-refractivity contribution in [3.63, 3.8) is 0 Å². The minimum absolute atomic E-state index is 0.0337. The smallest absolute Gasteiger partial charge is 0.317 e. The first-order valence-corrected chi connectivity index (χ1v) is 15.3. The maximum Gasteiger partial charge on any atom is 0.317 e. The van der Waals surface area contributed by atoms with E-state index in [1.165, 1.54) is 0 Å². The van der Waals surface area contributed by atoms with Crippen LogP contribution in [0.25, 0.3) is 0 Å². The van der Waals surface area contributed by atoms with Crippen LogP contribution in [0.4, 0.5) is 0 Å². The predicted molar refractivity (Wildman–Crippen MR) is 160 cm³/mol. The topological polar surface area (TPSA) is 202 Å². The van der Waals surface area contributed by atoms with Gasteiger partial charge in [0.2, 0.25) is 11.8 Å². The number of carbonyl (C=O) groups excluding carboxylic acids is 2. The maximum absolute atomic E-state index is 12.7. The van der Waals surface area contributed by atoms with Gasteiger partial charge in [0, 0.05) is 71.9 Å². The highest BCUT2D eigenvalue weighted by Gasteiger charge is 2.21. The van der Waals surface area contributed by atoms with Gasteiger partial charge in [-0.25, -0.2) is 0 Å². The average Bonchev–Trinajstić information content (AvgIpc) is 2.95. The van der Waals surface area contributed by atoms with Gasteiger partial charge in [-0.2, -0.15) is 0 Å². The summed E-state index contributed by atoms with van der Waals surface area (Å²) in [4.78, 5) is 65.4. The van der Waals surface area contributed by atoms with Crippen molar-refractivity contribution in [2.24, 2.45) is 0 Å². The highest BCUT2D eigenvalue weighted by Crippen LogP contribution is 2.01. The lowest BCUT2D eigenvalue weighted by molar-refractivity contribution is -0.140. The number of nitrogens with zero attached hydrogens (tertiary/aromatic N) is 4. The summed E-state index contributed by atoms with van der Waals surface area (Å²) < 4.78 is 10.9. The standard InChI is InChI=1S/C28H52N6O10/c1-2-3-4-6-29-24(35)5-16-43-18-19-44-17-7-30-25(36)20-31-8-10-32(21-26(37)38)12-14-34(23-28(41)42)15-13-33(11-9-31)22-27(39)40/h2-23H2,1H3,(H,29,35)(H,30,36)(H,37,38)(H,39,40)(H,41,42). The predicted octanol–water partition coefficient (Wildman–Crippen LogP) is -1.69. The molecule has 1 aliphatic heterocycles. The Kier molecular flexibility index (Phi) is 21.7. The monoisotopic (exact) mass is 632 g/mol. The molecular weight excluding hydrogens is 580 g/mol. The summed E-state index contributed by atoms with van der Waals surface area (Å²) >= 11 is 0. The van der Waals surface area contributed by atoms with E-state index in [-0.39, 0.29) is 51.1 Å². The molecule has 1 saturated heterocycles. The van der Waals surface area contributed by atoms with Gasteiger partial charge < -0.3 is 35.4 Å². The Hall–Kier alpha value is -2.89. The highest BCUT2D eigenvalue weighted by atomic mass is 16.5. The zero-order chi connectivity index (χ0) is 32.6. The Bertz CT molecular complexity index is 833. The number of rotatable bonds is 21. The second-order valence-corrected chi connectivity index (χ2v) is 10.7. The molecular formula is C28H52N6O10. The quantitative estimate of drug-likeness (QED) is 0.0897. The van der Waals surface area contributed by atoms with E-state index in [0.717, 1.165) is 19.3 Å². The Morgan fingerprint density at radius 2 is 0.955 bits per heavy atom. The molecule has 16 nitrogen and oxygen atoms in total. The normalized spacial score (nSPS) is 16.5. The van der Waals surface area contributed by atoms with Gasteiger partial charge >= 0.3 is 17.9 Å². The Labute approximate surface area is 259 Å². The van der Waals surface area contributed by atoms with E-state index in [1.54, 1.807) is 14.7 Å². The van der Waals surface area contributed by atoms with Crippen LogP contribution >= 0.6 is 0 Å². The van der Waals surface area contributed by atoms with E-state index < -0.39 is 17.9 Å². The molecule has 44 heavy (non-hydrogen) atoms. The van der Waals surface area contributed by atoms with E-state index >= 15 is 0 Å². The van der Waals surface area contributed by atoms with Gasteiger partial charge in [-0.1, -0.05) is 19.8 Å². The number of carboxylic acids is 3. The molecule has 0 aromatic rings. The van der Waals surface area contributed by atoms with Gasteiger partial charge in [0.05, 0.1) is 52.6 Å². The van der Waals surface area contributed by atoms with Gasteiger partial charge in [-0.15, -0.1) is 0 Å². The molecule has 0 bridgehead atoms. The van der Waals surface area contributed by atoms with Crippen molar-refractivity contribution in [3.8, 4) is 0 Å². The van der Waals surface area contributed by atoms with Crippen LogP contribution in [0.5, 0.6) is 0 Å². The first-order chi connectivity index (χ1) is 21.1. The fourth-order valence-electron chi connectivity index (χ4n) is 4.48. The number of hydrogen-bond acceptors (Lipinski definition) is 11. The van der Waals surface area contributed by atoms with E-state index in [4.69, 9.17) is 9.47 Å². The number of ether oxygens (including phenoxy) is 2. The summed E-state index contributed by atoms with van der Waals surface area (Å²) in [5.41, 5.74) is 0. The molecule has 0 radical (unpaired) electrons. The van der Waals surface area contributed by atoms with Crippen molar-refractivity contribution in [2.75, 3.05) is 118 Å². The van der Waals surface area contributed by atoms with Crippen molar-refractivity contribution in [2.45, 2.75) is 32.6 Å². The van der Waals surface area contributed by atoms with Gasteiger partial charge in [0.15, 0.2) is 0 Å². The van der Waals surface area contributed by atoms with Crippen LogP contribution in [0, 0.1) is 0 Å². The number of nitrogens with one attached hydrogen (secondary N) is 2. The van der Waals surface area contributed by atoms with E-state index in [1.807, 2.05) is 4.90 Å². The van der Waals surface area contributed by atoms with Crippen molar-refractivity contribution in [1.29, 1.82) is 0 Å². The van der Waals surface area contributed by atoms with Crippen LogP contribution in [0.3, 0.4) is 0 Å². The minimum atomic E-state index is -1.02. The molecule has 0 aromatic heterocycles. The molecule has 1 heterocycles. The number of carboxylic acid groups (broad SMARTS) is 3. The molecule has 254 valence electrons. The molecule has 16 heteroatoms. The largest absolute Gasteiger partial charge is 0.480 e. The van der Waals surface area contributed by atoms with E-state index in [9.17, 15) is 39.3 Å². The Balaban J connectivity index is 2.47. The fraction of sp³-hybridized carbons (Fsp3) is 0.821. The third kappa shape index (κ3) is 21.7. The third-order valence-corrected chi connectivity index (χ3v) is 6.89.